The van der Waals surface area contributed by atoms with Gasteiger partial charge in [-0.25, -0.2) is 9.97 Å². The molecule has 16 heavy (non-hydrogen) atoms. The Bertz CT molecular complexity index is 422. The first-order chi connectivity index (χ1) is 7.75. The molecule has 2 aromatic rings. The summed E-state index contributed by atoms with van der Waals surface area (Å²) in [5, 5.41) is 9.69. The highest BCUT2D eigenvalue weighted by Gasteiger charge is 2.06. The number of rotatable bonds is 5. The van der Waals surface area contributed by atoms with Crippen molar-refractivity contribution in [2.75, 3.05) is 6.54 Å². The quantitative estimate of drug-likeness (QED) is 0.848. The number of aryl methyl sites for hydroxylation is 1. The molecule has 0 bridgehead atoms. The van der Waals surface area contributed by atoms with Crippen molar-refractivity contribution in [2.45, 2.75) is 19.4 Å². The molecule has 86 valence electrons. The van der Waals surface area contributed by atoms with Crippen LogP contribution in [0.3, 0.4) is 0 Å². The molecule has 0 radical (unpaired) electrons. The highest BCUT2D eigenvalue weighted by molar-refractivity contribution is 7.07. The Labute approximate surface area is 98.5 Å². The molecule has 2 rings (SSSR count). The molecule has 0 saturated carbocycles. The van der Waals surface area contributed by atoms with E-state index in [-0.39, 0.29) is 6.04 Å². The molecule has 5 nitrogen and oxygen atoms in total. The standard InChI is InChI=1S/C10H15N5S/c1-8(9-5-16-7-13-9)11-4-3-10-12-6-15(2)14-10/h5-8,11H,3-4H2,1-2H3. The van der Waals surface area contributed by atoms with E-state index in [0.29, 0.717) is 0 Å². The summed E-state index contributed by atoms with van der Waals surface area (Å²) in [6, 6.07) is 0.287. The highest BCUT2D eigenvalue weighted by Crippen LogP contribution is 2.11. The molecule has 0 saturated heterocycles. The topological polar surface area (TPSA) is 55.6 Å². The van der Waals surface area contributed by atoms with Crippen LogP contribution in [0, 0.1) is 0 Å². The predicted octanol–water partition coefficient (Wildman–Crippen LogP) is 1.16. The van der Waals surface area contributed by atoms with E-state index in [1.165, 1.54) is 0 Å². The molecule has 0 aliphatic carbocycles. The molecule has 1 N–H and O–H groups in total. The lowest BCUT2D eigenvalue weighted by Gasteiger charge is -2.09. The summed E-state index contributed by atoms with van der Waals surface area (Å²) in [7, 11) is 1.88. The van der Waals surface area contributed by atoms with Gasteiger partial charge >= 0.3 is 0 Å². The Morgan fingerprint density at radius 3 is 3.00 bits per heavy atom. The fourth-order valence-corrected chi connectivity index (χ4v) is 2.09. The molecule has 0 aliphatic heterocycles. The fraction of sp³-hybridized carbons (Fsp3) is 0.500. The van der Waals surface area contributed by atoms with Gasteiger partial charge in [0.05, 0.1) is 11.2 Å². The summed E-state index contributed by atoms with van der Waals surface area (Å²) in [5.74, 6) is 0.875. The zero-order chi connectivity index (χ0) is 11.4. The first-order valence-corrected chi connectivity index (χ1v) is 6.16. The van der Waals surface area contributed by atoms with Crippen LogP contribution in [0.15, 0.2) is 17.2 Å². The van der Waals surface area contributed by atoms with Crippen LogP contribution in [-0.2, 0) is 13.5 Å². The molecular weight excluding hydrogens is 222 g/mol. The second-order valence-corrected chi connectivity index (χ2v) is 4.39. The molecule has 1 unspecified atom stereocenters. The maximum atomic E-state index is 4.27. The lowest BCUT2D eigenvalue weighted by atomic mass is 10.2. The maximum absolute atomic E-state index is 4.27. The van der Waals surface area contributed by atoms with Gasteiger partial charge in [0.2, 0.25) is 0 Å². The third-order valence-corrected chi connectivity index (χ3v) is 2.95. The van der Waals surface area contributed by atoms with Crippen molar-refractivity contribution >= 4 is 11.3 Å². The van der Waals surface area contributed by atoms with E-state index in [2.05, 4.69) is 32.7 Å². The van der Waals surface area contributed by atoms with E-state index in [9.17, 15) is 0 Å². The van der Waals surface area contributed by atoms with Crippen LogP contribution in [0.2, 0.25) is 0 Å². The SMILES string of the molecule is CC(NCCc1ncn(C)n1)c1cscn1. The Balaban J connectivity index is 1.76. The molecule has 0 fully saturated rings. The highest BCUT2D eigenvalue weighted by atomic mass is 32.1. The van der Waals surface area contributed by atoms with Gasteiger partial charge in [-0.1, -0.05) is 0 Å². The minimum atomic E-state index is 0.287. The third-order valence-electron chi connectivity index (χ3n) is 2.34. The molecule has 1 atom stereocenters. The fourth-order valence-electron chi connectivity index (χ4n) is 1.44. The molecule has 0 aliphatic rings. The summed E-state index contributed by atoms with van der Waals surface area (Å²) in [6.07, 6.45) is 2.56. The lowest BCUT2D eigenvalue weighted by molar-refractivity contribution is 0.559. The van der Waals surface area contributed by atoms with E-state index in [1.54, 1.807) is 22.3 Å². The number of thiazole rings is 1. The summed E-state index contributed by atoms with van der Waals surface area (Å²) in [5.41, 5.74) is 2.95. The van der Waals surface area contributed by atoms with Gasteiger partial charge in [-0.2, -0.15) is 5.10 Å². The van der Waals surface area contributed by atoms with Gasteiger partial charge in [-0.05, 0) is 6.92 Å². The number of aromatic nitrogens is 4. The smallest absolute Gasteiger partial charge is 0.151 e. The average Bonchev–Trinajstić information content (AvgIpc) is 2.89. The molecular formula is C10H15N5S. The van der Waals surface area contributed by atoms with Crippen molar-refractivity contribution in [3.8, 4) is 0 Å². The minimum Gasteiger partial charge on any atom is -0.308 e. The third kappa shape index (κ3) is 2.86. The Kier molecular flexibility index (Phi) is 3.63. The molecule has 0 amide bonds. The molecule has 2 heterocycles. The van der Waals surface area contributed by atoms with Crippen LogP contribution >= 0.6 is 11.3 Å². The van der Waals surface area contributed by atoms with E-state index in [0.717, 1.165) is 24.5 Å². The van der Waals surface area contributed by atoms with Crippen LogP contribution < -0.4 is 5.32 Å². The zero-order valence-electron chi connectivity index (χ0n) is 9.42. The monoisotopic (exact) mass is 237 g/mol. The van der Waals surface area contributed by atoms with Gasteiger partial charge < -0.3 is 5.32 Å². The van der Waals surface area contributed by atoms with Crippen LogP contribution in [-0.4, -0.2) is 26.3 Å². The van der Waals surface area contributed by atoms with E-state index in [1.807, 2.05) is 12.6 Å². The second-order valence-electron chi connectivity index (χ2n) is 3.67. The number of nitrogens with zero attached hydrogens (tertiary/aromatic N) is 4. The van der Waals surface area contributed by atoms with Crippen LogP contribution in [0.4, 0.5) is 0 Å². The minimum absolute atomic E-state index is 0.287. The number of hydrogen-bond acceptors (Lipinski definition) is 5. The van der Waals surface area contributed by atoms with Crippen molar-refractivity contribution < 1.29 is 0 Å². The van der Waals surface area contributed by atoms with Gasteiger partial charge in [-0.15, -0.1) is 11.3 Å². The molecule has 0 aromatic carbocycles. The maximum Gasteiger partial charge on any atom is 0.151 e. The average molecular weight is 237 g/mol. The van der Waals surface area contributed by atoms with Gasteiger partial charge in [0, 0.05) is 31.4 Å². The largest absolute Gasteiger partial charge is 0.308 e. The zero-order valence-corrected chi connectivity index (χ0v) is 10.2. The van der Waals surface area contributed by atoms with Crippen molar-refractivity contribution in [1.82, 2.24) is 25.1 Å². The molecule has 2 aromatic heterocycles. The van der Waals surface area contributed by atoms with Crippen LogP contribution in [0.5, 0.6) is 0 Å². The lowest BCUT2D eigenvalue weighted by Crippen LogP contribution is -2.22. The van der Waals surface area contributed by atoms with Crippen LogP contribution in [0.1, 0.15) is 24.5 Å². The first kappa shape index (κ1) is 11.2. The summed E-state index contributed by atoms with van der Waals surface area (Å²) in [4.78, 5) is 8.44. The second kappa shape index (κ2) is 5.18. The van der Waals surface area contributed by atoms with Crippen molar-refractivity contribution in [1.29, 1.82) is 0 Å². The molecule has 0 spiro atoms. The van der Waals surface area contributed by atoms with E-state index >= 15 is 0 Å². The van der Waals surface area contributed by atoms with Gasteiger partial charge in [0.1, 0.15) is 6.33 Å². The summed E-state index contributed by atoms with van der Waals surface area (Å²) in [6.45, 7) is 2.98. The van der Waals surface area contributed by atoms with E-state index < -0.39 is 0 Å². The van der Waals surface area contributed by atoms with Crippen molar-refractivity contribution in [3.63, 3.8) is 0 Å². The first-order valence-electron chi connectivity index (χ1n) is 5.21. The van der Waals surface area contributed by atoms with Crippen molar-refractivity contribution in [2.24, 2.45) is 7.05 Å². The van der Waals surface area contributed by atoms with Crippen molar-refractivity contribution in [3.05, 3.63) is 28.7 Å². The number of hydrogen-bond donors (Lipinski definition) is 1. The normalized spacial score (nSPS) is 12.9. The van der Waals surface area contributed by atoms with E-state index in [4.69, 9.17) is 0 Å². The van der Waals surface area contributed by atoms with Crippen LogP contribution in [0.25, 0.3) is 0 Å². The molecule has 6 heteroatoms. The summed E-state index contributed by atoms with van der Waals surface area (Å²) < 4.78 is 1.72. The number of nitrogens with one attached hydrogen (secondary N) is 1. The van der Waals surface area contributed by atoms with Gasteiger partial charge in [0.15, 0.2) is 5.82 Å². The predicted molar refractivity (Wildman–Crippen MR) is 63.2 cm³/mol. The van der Waals surface area contributed by atoms with Gasteiger partial charge in [0.25, 0.3) is 0 Å². The summed E-state index contributed by atoms with van der Waals surface area (Å²) >= 11 is 1.62. The Hall–Kier alpha value is -1.27. The Morgan fingerprint density at radius 2 is 2.38 bits per heavy atom. The van der Waals surface area contributed by atoms with Gasteiger partial charge in [-0.3, -0.25) is 4.68 Å². The Morgan fingerprint density at radius 1 is 1.50 bits per heavy atom.